The third kappa shape index (κ3) is 3.77. The summed E-state index contributed by atoms with van der Waals surface area (Å²) in [7, 11) is 0. The SMILES string of the molecule is Cc1cnccc1NC(=O)NC[C@H](O)c1ccsc1. The molecule has 2 aromatic heterocycles. The topological polar surface area (TPSA) is 74.2 Å². The second kappa shape index (κ2) is 6.31. The number of urea groups is 1. The number of pyridine rings is 1. The fourth-order valence-corrected chi connectivity index (χ4v) is 2.26. The number of aromatic nitrogens is 1. The number of aliphatic hydroxyl groups excluding tert-OH is 1. The molecule has 2 aromatic rings. The maximum Gasteiger partial charge on any atom is 0.319 e. The molecule has 0 aliphatic carbocycles. The Hall–Kier alpha value is -1.92. The molecule has 2 heterocycles. The zero-order valence-corrected chi connectivity index (χ0v) is 11.3. The molecule has 0 fully saturated rings. The highest BCUT2D eigenvalue weighted by molar-refractivity contribution is 7.07. The number of anilines is 1. The number of aliphatic hydroxyl groups is 1. The molecule has 5 nitrogen and oxygen atoms in total. The summed E-state index contributed by atoms with van der Waals surface area (Å²) in [5, 5.41) is 18.9. The van der Waals surface area contributed by atoms with Crippen LogP contribution in [0.15, 0.2) is 35.3 Å². The largest absolute Gasteiger partial charge is 0.387 e. The molecule has 0 aliphatic rings. The van der Waals surface area contributed by atoms with Crippen LogP contribution in [0.3, 0.4) is 0 Å². The second-order valence-electron chi connectivity index (χ2n) is 4.10. The molecule has 19 heavy (non-hydrogen) atoms. The predicted molar refractivity (Wildman–Crippen MR) is 75.3 cm³/mol. The van der Waals surface area contributed by atoms with Crippen molar-refractivity contribution in [2.24, 2.45) is 0 Å². The van der Waals surface area contributed by atoms with Gasteiger partial charge in [-0.2, -0.15) is 11.3 Å². The number of hydrogen-bond acceptors (Lipinski definition) is 4. The van der Waals surface area contributed by atoms with Crippen LogP contribution in [0.4, 0.5) is 10.5 Å². The first-order chi connectivity index (χ1) is 9.16. The summed E-state index contributed by atoms with van der Waals surface area (Å²) in [4.78, 5) is 15.6. The molecule has 0 aromatic carbocycles. The van der Waals surface area contributed by atoms with Gasteiger partial charge in [-0.05, 0) is 40.9 Å². The van der Waals surface area contributed by atoms with Crippen LogP contribution in [-0.4, -0.2) is 22.7 Å². The van der Waals surface area contributed by atoms with Gasteiger partial charge in [-0.15, -0.1) is 0 Å². The highest BCUT2D eigenvalue weighted by atomic mass is 32.1. The molecular formula is C13H15N3O2S. The van der Waals surface area contributed by atoms with Gasteiger partial charge in [0, 0.05) is 24.6 Å². The first kappa shape index (κ1) is 13.5. The number of thiophene rings is 1. The van der Waals surface area contributed by atoms with Crippen molar-refractivity contribution in [1.82, 2.24) is 10.3 Å². The first-order valence-corrected chi connectivity index (χ1v) is 6.76. The molecule has 0 bridgehead atoms. The van der Waals surface area contributed by atoms with Crippen molar-refractivity contribution in [1.29, 1.82) is 0 Å². The van der Waals surface area contributed by atoms with Crippen molar-refractivity contribution in [3.63, 3.8) is 0 Å². The molecule has 0 spiro atoms. The fourth-order valence-electron chi connectivity index (χ4n) is 1.55. The van der Waals surface area contributed by atoms with E-state index >= 15 is 0 Å². The molecule has 3 N–H and O–H groups in total. The van der Waals surface area contributed by atoms with E-state index in [0.29, 0.717) is 5.69 Å². The summed E-state index contributed by atoms with van der Waals surface area (Å²) in [5.74, 6) is 0. The molecule has 2 amide bonds. The van der Waals surface area contributed by atoms with Gasteiger partial charge in [-0.3, -0.25) is 4.98 Å². The summed E-state index contributed by atoms with van der Waals surface area (Å²) in [6, 6.07) is 3.22. The van der Waals surface area contributed by atoms with Gasteiger partial charge < -0.3 is 15.7 Å². The number of carbonyl (C=O) groups is 1. The summed E-state index contributed by atoms with van der Waals surface area (Å²) in [5.41, 5.74) is 2.40. The molecule has 0 saturated carbocycles. The normalized spacial score (nSPS) is 11.9. The minimum Gasteiger partial charge on any atom is -0.387 e. The molecule has 100 valence electrons. The van der Waals surface area contributed by atoms with Crippen LogP contribution in [-0.2, 0) is 0 Å². The second-order valence-corrected chi connectivity index (χ2v) is 4.88. The van der Waals surface area contributed by atoms with Gasteiger partial charge in [0.15, 0.2) is 0 Å². The number of amides is 2. The number of carbonyl (C=O) groups excluding carboxylic acids is 1. The van der Waals surface area contributed by atoms with Crippen molar-refractivity contribution in [2.75, 3.05) is 11.9 Å². The van der Waals surface area contributed by atoms with Crippen LogP contribution in [0.2, 0.25) is 0 Å². The lowest BCUT2D eigenvalue weighted by Gasteiger charge is -2.12. The van der Waals surface area contributed by atoms with Crippen molar-refractivity contribution >= 4 is 23.1 Å². The summed E-state index contributed by atoms with van der Waals surface area (Å²) in [6.45, 7) is 2.04. The van der Waals surface area contributed by atoms with Gasteiger partial charge in [0.05, 0.1) is 6.10 Å². The van der Waals surface area contributed by atoms with E-state index in [9.17, 15) is 9.90 Å². The smallest absolute Gasteiger partial charge is 0.319 e. The van der Waals surface area contributed by atoms with Crippen LogP contribution in [0, 0.1) is 6.92 Å². The Morgan fingerprint density at radius 3 is 3.05 bits per heavy atom. The Labute approximate surface area is 115 Å². The minimum absolute atomic E-state index is 0.173. The van der Waals surface area contributed by atoms with Gasteiger partial charge in [0.25, 0.3) is 0 Å². The number of aryl methyl sites for hydroxylation is 1. The molecule has 0 aliphatic heterocycles. The number of rotatable bonds is 4. The Morgan fingerprint density at radius 2 is 2.37 bits per heavy atom. The van der Waals surface area contributed by atoms with Crippen LogP contribution in [0.1, 0.15) is 17.2 Å². The Balaban J connectivity index is 1.84. The molecule has 1 atom stereocenters. The van der Waals surface area contributed by atoms with Crippen LogP contribution >= 0.6 is 11.3 Å². The molecular weight excluding hydrogens is 262 g/mol. The lowest BCUT2D eigenvalue weighted by atomic mass is 10.2. The molecule has 6 heteroatoms. The fraction of sp³-hybridized carbons (Fsp3) is 0.231. The Kier molecular flexibility index (Phi) is 4.48. The first-order valence-electron chi connectivity index (χ1n) is 5.82. The van der Waals surface area contributed by atoms with Crippen molar-refractivity contribution in [3.8, 4) is 0 Å². The Bertz CT molecular complexity index is 543. The van der Waals surface area contributed by atoms with Gasteiger partial charge >= 0.3 is 6.03 Å². The zero-order chi connectivity index (χ0) is 13.7. The third-order valence-electron chi connectivity index (χ3n) is 2.65. The molecule has 0 unspecified atom stereocenters. The lowest BCUT2D eigenvalue weighted by Crippen LogP contribution is -2.32. The number of hydrogen-bond donors (Lipinski definition) is 3. The van der Waals surface area contributed by atoms with Gasteiger partial charge in [-0.25, -0.2) is 4.79 Å². The standard InChI is InChI=1S/C13H15N3O2S/c1-9-6-14-4-2-11(9)16-13(18)15-7-12(17)10-3-5-19-8-10/h2-6,8,12,17H,7H2,1H3,(H2,14,15,16,18)/t12-/m0/s1. The molecule has 0 radical (unpaired) electrons. The quantitative estimate of drug-likeness (QED) is 0.803. The van der Waals surface area contributed by atoms with Crippen molar-refractivity contribution < 1.29 is 9.90 Å². The maximum atomic E-state index is 11.7. The van der Waals surface area contributed by atoms with E-state index in [1.165, 1.54) is 11.3 Å². The zero-order valence-electron chi connectivity index (χ0n) is 10.5. The minimum atomic E-state index is -0.685. The average Bonchev–Trinajstić information content (AvgIpc) is 2.93. The average molecular weight is 277 g/mol. The van der Waals surface area contributed by atoms with E-state index < -0.39 is 6.10 Å². The summed E-state index contributed by atoms with van der Waals surface area (Å²) >= 11 is 1.51. The Morgan fingerprint density at radius 1 is 1.53 bits per heavy atom. The highest BCUT2D eigenvalue weighted by Gasteiger charge is 2.10. The van der Waals surface area contributed by atoms with Gasteiger partial charge in [-0.1, -0.05) is 0 Å². The highest BCUT2D eigenvalue weighted by Crippen LogP contribution is 2.15. The van der Waals surface area contributed by atoms with Gasteiger partial charge in [0.1, 0.15) is 0 Å². The van der Waals surface area contributed by atoms with E-state index in [1.54, 1.807) is 18.5 Å². The molecule has 2 rings (SSSR count). The third-order valence-corrected chi connectivity index (χ3v) is 3.35. The van der Waals surface area contributed by atoms with Crippen molar-refractivity contribution in [3.05, 3.63) is 46.4 Å². The van der Waals surface area contributed by atoms with E-state index in [-0.39, 0.29) is 12.6 Å². The monoisotopic (exact) mass is 277 g/mol. The van der Waals surface area contributed by atoms with Crippen LogP contribution in [0.5, 0.6) is 0 Å². The van der Waals surface area contributed by atoms with Crippen molar-refractivity contribution in [2.45, 2.75) is 13.0 Å². The molecule has 0 saturated heterocycles. The van der Waals surface area contributed by atoms with Gasteiger partial charge in [0.2, 0.25) is 0 Å². The summed E-state index contributed by atoms with van der Waals surface area (Å²) < 4.78 is 0. The summed E-state index contributed by atoms with van der Waals surface area (Å²) in [6.07, 6.45) is 2.61. The van der Waals surface area contributed by atoms with Crippen LogP contribution < -0.4 is 10.6 Å². The van der Waals surface area contributed by atoms with E-state index in [0.717, 1.165) is 11.1 Å². The van der Waals surface area contributed by atoms with E-state index in [4.69, 9.17) is 0 Å². The maximum absolute atomic E-state index is 11.7. The lowest BCUT2D eigenvalue weighted by molar-refractivity contribution is 0.175. The van der Waals surface area contributed by atoms with E-state index in [1.807, 2.05) is 23.8 Å². The van der Waals surface area contributed by atoms with Crippen LogP contribution in [0.25, 0.3) is 0 Å². The number of nitrogens with zero attached hydrogens (tertiary/aromatic N) is 1. The van der Waals surface area contributed by atoms with E-state index in [2.05, 4.69) is 15.6 Å². The number of nitrogens with one attached hydrogen (secondary N) is 2. The predicted octanol–water partition coefficient (Wildman–Crippen LogP) is 2.31.